The third-order valence-corrected chi connectivity index (χ3v) is 3.35. The van der Waals surface area contributed by atoms with Crippen LogP contribution in [0.25, 0.3) is 11.0 Å². The van der Waals surface area contributed by atoms with Gasteiger partial charge in [-0.25, -0.2) is 9.78 Å². The number of nitrogens with zero attached hydrogens (tertiary/aromatic N) is 3. The average Bonchev–Trinajstić information content (AvgIpc) is 2.84. The van der Waals surface area contributed by atoms with E-state index in [2.05, 4.69) is 9.97 Å². The first-order valence-corrected chi connectivity index (χ1v) is 6.23. The lowest BCUT2D eigenvalue weighted by Gasteiger charge is -2.07. The second-order valence-corrected chi connectivity index (χ2v) is 4.68. The molecule has 0 bridgehead atoms. The highest BCUT2D eigenvalue weighted by atomic mass is 16.4. The summed E-state index contributed by atoms with van der Waals surface area (Å²) >= 11 is 0. The molecule has 0 amide bonds. The van der Waals surface area contributed by atoms with E-state index in [0.29, 0.717) is 12.1 Å². The topological polar surface area (TPSA) is 68.0 Å². The number of imidazole rings is 1. The second kappa shape index (κ2) is 4.77. The second-order valence-electron chi connectivity index (χ2n) is 4.68. The predicted molar refractivity (Wildman–Crippen MR) is 74.8 cm³/mol. The molecule has 0 saturated heterocycles. The maximum absolute atomic E-state index is 10.9. The number of carboxylic acid groups (broad SMARTS) is 1. The van der Waals surface area contributed by atoms with Crippen LogP contribution in [0, 0.1) is 6.92 Å². The lowest BCUT2D eigenvalue weighted by molar-refractivity contribution is 0.0697. The zero-order chi connectivity index (χ0) is 14.1. The fourth-order valence-corrected chi connectivity index (χ4v) is 2.19. The van der Waals surface area contributed by atoms with Gasteiger partial charge in [0.25, 0.3) is 0 Å². The molecule has 0 radical (unpaired) electrons. The Morgan fingerprint density at radius 1 is 1.35 bits per heavy atom. The molecule has 1 N–H and O–H groups in total. The van der Waals surface area contributed by atoms with E-state index in [0.717, 1.165) is 11.1 Å². The van der Waals surface area contributed by atoms with Crippen LogP contribution in [0.2, 0.25) is 0 Å². The van der Waals surface area contributed by atoms with Gasteiger partial charge in [0.15, 0.2) is 0 Å². The fourth-order valence-electron chi connectivity index (χ4n) is 2.19. The van der Waals surface area contributed by atoms with Crippen molar-refractivity contribution < 1.29 is 9.90 Å². The van der Waals surface area contributed by atoms with E-state index in [4.69, 9.17) is 5.11 Å². The maximum atomic E-state index is 10.9. The van der Waals surface area contributed by atoms with E-state index in [1.54, 1.807) is 30.7 Å². The van der Waals surface area contributed by atoms with Gasteiger partial charge in [-0.1, -0.05) is 0 Å². The summed E-state index contributed by atoms with van der Waals surface area (Å²) in [5.74, 6) is -0.938. The Morgan fingerprint density at radius 3 is 2.95 bits per heavy atom. The van der Waals surface area contributed by atoms with Crippen LogP contribution >= 0.6 is 0 Å². The first-order valence-electron chi connectivity index (χ1n) is 6.23. The Labute approximate surface area is 115 Å². The number of aromatic nitrogens is 3. The van der Waals surface area contributed by atoms with Crippen molar-refractivity contribution in [2.45, 2.75) is 13.5 Å². The molecular weight excluding hydrogens is 254 g/mol. The molecule has 100 valence electrons. The summed E-state index contributed by atoms with van der Waals surface area (Å²) in [4.78, 5) is 19.3. The summed E-state index contributed by atoms with van der Waals surface area (Å²) < 4.78 is 2.00. The maximum Gasteiger partial charge on any atom is 0.335 e. The number of fused-ring (bicyclic) bond motifs is 1. The van der Waals surface area contributed by atoms with Crippen molar-refractivity contribution in [3.05, 3.63) is 59.7 Å². The molecular formula is C15H13N3O2. The van der Waals surface area contributed by atoms with E-state index in [1.807, 2.05) is 23.8 Å². The van der Waals surface area contributed by atoms with Crippen LogP contribution < -0.4 is 0 Å². The van der Waals surface area contributed by atoms with Crippen molar-refractivity contribution in [3.8, 4) is 0 Å². The minimum absolute atomic E-state index is 0.253. The van der Waals surface area contributed by atoms with Gasteiger partial charge >= 0.3 is 5.97 Å². The van der Waals surface area contributed by atoms with Gasteiger partial charge in [-0.05, 0) is 42.3 Å². The molecule has 2 heterocycles. The van der Waals surface area contributed by atoms with Crippen LogP contribution in [0.1, 0.15) is 21.5 Å². The van der Waals surface area contributed by atoms with Crippen molar-refractivity contribution in [1.82, 2.24) is 14.5 Å². The van der Waals surface area contributed by atoms with Gasteiger partial charge in [0.2, 0.25) is 0 Å². The molecule has 5 heteroatoms. The molecule has 0 aliphatic rings. The highest BCUT2D eigenvalue weighted by molar-refractivity contribution is 5.92. The average molecular weight is 267 g/mol. The van der Waals surface area contributed by atoms with Crippen LogP contribution in [0.4, 0.5) is 0 Å². The Morgan fingerprint density at radius 2 is 2.20 bits per heavy atom. The van der Waals surface area contributed by atoms with E-state index in [1.165, 1.54) is 5.56 Å². The number of hydrogen-bond donors (Lipinski definition) is 1. The highest BCUT2D eigenvalue weighted by Crippen LogP contribution is 2.17. The number of benzene rings is 1. The Balaban J connectivity index is 2.01. The standard InChI is InChI=1S/C15H13N3O2/c1-10-7-16-5-4-12(10)8-18-9-17-13-6-11(15(19)20)2-3-14(13)18/h2-7,9H,8H2,1H3,(H,19,20). The molecule has 2 aromatic heterocycles. The Bertz CT molecular complexity index is 793. The van der Waals surface area contributed by atoms with Crippen molar-refractivity contribution >= 4 is 17.0 Å². The Hall–Kier alpha value is -2.69. The lowest BCUT2D eigenvalue weighted by atomic mass is 10.1. The molecule has 0 saturated carbocycles. The van der Waals surface area contributed by atoms with Crippen LogP contribution in [0.15, 0.2) is 43.0 Å². The Kier molecular flexibility index (Phi) is 2.95. The molecule has 1 aromatic carbocycles. The molecule has 3 rings (SSSR count). The summed E-state index contributed by atoms with van der Waals surface area (Å²) in [5, 5.41) is 8.98. The van der Waals surface area contributed by atoms with Crippen molar-refractivity contribution in [2.75, 3.05) is 0 Å². The quantitative estimate of drug-likeness (QED) is 0.791. The SMILES string of the molecule is Cc1cnccc1Cn1cnc2cc(C(=O)O)ccc21. The predicted octanol–water partition coefficient (Wildman–Crippen LogP) is 2.49. The largest absolute Gasteiger partial charge is 0.478 e. The lowest BCUT2D eigenvalue weighted by Crippen LogP contribution is -2.01. The third-order valence-electron chi connectivity index (χ3n) is 3.35. The molecule has 0 spiro atoms. The number of aryl methyl sites for hydroxylation is 1. The van der Waals surface area contributed by atoms with Crippen LogP contribution in [0.5, 0.6) is 0 Å². The number of pyridine rings is 1. The van der Waals surface area contributed by atoms with Gasteiger partial charge in [0, 0.05) is 18.9 Å². The molecule has 0 unspecified atom stereocenters. The summed E-state index contributed by atoms with van der Waals surface area (Å²) in [5.41, 5.74) is 4.16. The molecule has 0 aliphatic heterocycles. The number of carbonyl (C=O) groups is 1. The summed E-state index contributed by atoms with van der Waals surface area (Å²) in [6, 6.07) is 6.96. The van der Waals surface area contributed by atoms with E-state index < -0.39 is 5.97 Å². The van der Waals surface area contributed by atoms with Gasteiger partial charge in [0.05, 0.1) is 22.9 Å². The first kappa shape index (κ1) is 12.3. The molecule has 3 aromatic rings. The van der Waals surface area contributed by atoms with Crippen molar-refractivity contribution in [2.24, 2.45) is 0 Å². The van der Waals surface area contributed by atoms with Crippen LogP contribution in [-0.4, -0.2) is 25.6 Å². The highest BCUT2D eigenvalue weighted by Gasteiger charge is 2.08. The van der Waals surface area contributed by atoms with Crippen LogP contribution in [0.3, 0.4) is 0 Å². The number of hydrogen-bond acceptors (Lipinski definition) is 3. The van der Waals surface area contributed by atoms with Gasteiger partial charge in [-0.3, -0.25) is 4.98 Å². The zero-order valence-electron chi connectivity index (χ0n) is 10.9. The summed E-state index contributed by atoms with van der Waals surface area (Å²) in [7, 11) is 0. The fraction of sp³-hybridized carbons (Fsp3) is 0.133. The minimum atomic E-state index is -0.938. The van der Waals surface area contributed by atoms with E-state index in [9.17, 15) is 4.79 Å². The normalized spacial score (nSPS) is 10.8. The van der Waals surface area contributed by atoms with E-state index in [-0.39, 0.29) is 5.56 Å². The summed E-state index contributed by atoms with van der Waals surface area (Å²) in [6.45, 7) is 2.71. The van der Waals surface area contributed by atoms with Gasteiger partial charge < -0.3 is 9.67 Å². The van der Waals surface area contributed by atoms with Crippen molar-refractivity contribution in [3.63, 3.8) is 0 Å². The molecule has 5 nitrogen and oxygen atoms in total. The monoisotopic (exact) mass is 267 g/mol. The zero-order valence-corrected chi connectivity index (χ0v) is 10.9. The number of rotatable bonds is 3. The molecule has 0 aliphatic carbocycles. The number of carboxylic acids is 1. The number of aromatic carboxylic acids is 1. The van der Waals surface area contributed by atoms with Gasteiger partial charge in [0.1, 0.15) is 0 Å². The van der Waals surface area contributed by atoms with E-state index >= 15 is 0 Å². The first-order chi connectivity index (χ1) is 9.65. The minimum Gasteiger partial charge on any atom is -0.478 e. The van der Waals surface area contributed by atoms with Gasteiger partial charge in [-0.2, -0.15) is 0 Å². The smallest absolute Gasteiger partial charge is 0.335 e. The summed E-state index contributed by atoms with van der Waals surface area (Å²) in [6.07, 6.45) is 5.33. The van der Waals surface area contributed by atoms with Crippen LogP contribution in [-0.2, 0) is 6.54 Å². The third kappa shape index (κ3) is 2.14. The molecule has 0 atom stereocenters. The molecule has 0 fully saturated rings. The molecule has 20 heavy (non-hydrogen) atoms. The van der Waals surface area contributed by atoms with Crippen molar-refractivity contribution in [1.29, 1.82) is 0 Å². The van der Waals surface area contributed by atoms with Gasteiger partial charge in [-0.15, -0.1) is 0 Å².